The molecule has 0 radical (unpaired) electrons. The van der Waals surface area contributed by atoms with Gasteiger partial charge < -0.3 is 4.42 Å². The van der Waals surface area contributed by atoms with Gasteiger partial charge in [0.25, 0.3) is 0 Å². The second kappa shape index (κ2) is 11.0. The van der Waals surface area contributed by atoms with E-state index >= 15 is 0 Å². The second-order valence-corrected chi connectivity index (χ2v) is 14.9. The Balaban J connectivity index is 1.17. The van der Waals surface area contributed by atoms with Crippen molar-refractivity contribution < 1.29 is 4.42 Å². The highest BCUT2D eigenvalue weighted by atomic mass is 16.3. The number of nitrogens with zero attached hydrogens (tertiary/aromatic N) is 2. The first-order valence-electron chi connectivity index (χ1n) is 18.3. The molecule has 2 aromatic heterocycles. The van der Waals surface area contributed by atoms with Crippen LogP contribution in [-0.2, 0) is 10.8 Å². The van der Waals surface area contributed by atoms with Crippen LogP contribution in [0.5, 0.6) is 0 Å². The van der Waals surface area contributed by atoms with E-state index in [9.17, 15) is 0 Å². The summed E-state index contributed by atoms with van der Waals surface area (Å²) >= 11 is 0. The molecular formula is C50H34N2O. The molecule has 2 heterocycles. The van der Waals surface area contributed by atoms with Crippen molar-refractivity contribution in [3.63, 3.8) is 0 Å². The summed E-state index contributed by atoms with van der Waals surface area (Å²) in [5.41, 5.74) is 16.4. The number of fused-ring (bicyclic) bond motifs is 12. The van der Waals surface area contributed by atoms with Crippen LogP contribution in [0, 0.1) is 0 Å². The molecule has 3 heteroatoms. The van der Waals surface area contributed by atoms with Crippen LogP contribution in [0.25, 0.3) is 67.0 Å². The lowest BCUT2D eigenvalue weighted by Crippen LogP contribution is -2.40. The van der Waals surface area contributed by atoms with Gasteiger partial charge in [0, 0.05) is 32.9 Å². The summed E-state index contributed by atoms with van der Waals surface area (Å²) in [6, 6.07) is 61.2. The number of aromatic nitrogens is 2. The van der Waals surface area contributed by atoms with Gasteiger partial charge in [0.1, 0.15) is 11.2 Å². The molecule has 0 saturated heterocycles. The maximum Gasteiger partial charge on any atom is 0.160 e. The summed E-state index contributed by atoms with van der Waals surface area (Å²) in [5.74, 6) is 0.691. The van der Waals surface area contributed by atoms with E-state index in [-0.39, 0.29) is 5.41 Å². The maximum absolute atomic E-state index is 6.32. The molecule has 11 rings (SSSR count). The van der Waals surface area contributed by atoms with Crippen LogP contribution in [0.2, 0.25) is 0 Å². The lowest BCUT2D eigenvalue weighted by Gasteiger charge is -2.46. The minimum atomic E-state index is -0.477. The summed E-state index contributed by atoms with van der Waals surface area (Å²) in [4.78, 5) is 10.5. The molecule has 0 bridgehead atoms. The average Bonchev–Trinajstić information content (AvgIpc) is 3.73. The predicted octanol–water partition coefficient (Wildman–Crippen LogP) is 12.4. The van der Waals surface area contributed by atoms with Gasteiger partial charge in [-0.1, -0.05) is 153 Å². The molecule has 2 aliphatic rings. The number of furan rings is 1. The third-order valence-electron chi connectivity index (χ3n) is 11.8. The highest BCUT2D eigenvalue weighted by Crippen LogP contribution is 2.62. The van der Waals surface area contributed by atoms with Gasteiger partial charge in [-0.2, -0.15) is 0 Å². The van der Waals surface area contributed by atoms with E-state index in [2.05, 4.69) is 153 Å². The Labute approximate surface area is 308 Å². The predicted molar refractivity (Wildman–Crippen MR) is 215 cm³/mol. The molecule has 0 atom stereocenters. The van der Waals surface area contributed by atoms with Crippen molar-refractivity contribution in [2.24, 2.45) is 0 Å². The molecule has 0 aliphatic heterocycles. The fraction of sp³-hybridized carbons (Fsp3) is 0.0800. The van der Waals surface area contributed by atoms with E-state index in [0.717, 1.165) is 50.0 Å². The molecule has 250 valence electrons. The van der Waals surface area contributed by atoms with E-state index < -0.39 is 5.41 Å². The number of hydrogen-bond acceptors (Lipinski definition) is 3. The first-order valence-corrected chi connectivity index (χ1v) is 18.3. The van der Waals surface area contributed by atoms with Crippen molar-refractivity contribution in [3.05, 3.63) is 203 Å². The molecule has 1 spiro atoms. The minimum absolute atomic E-state index is 0.152. The number of para-hydroxylation sites is 1. The van der Waals surface area contributed by atoms with Crippen LogP contribution in [0.3, 0.4) is 0 Å². The molecular weight excluding hydrogens is 645 g/mol. The Kier molecular flexibility index (Phi) is 6.22. The van der Waals surface area contributed by atoms with Gasteiger partial charge in [0.2, 0.25) is 0 Å². The van der Waals surface area contributed by atoms with Crippen LogP contribution in [0.15, 0.2) is 174 Å². The van der Waals surface area contributed by atoms with E-state index in [1.54, 1.807) is 0 Å². The van der Waals surface area contributed by atoms with Gasteiger partial charge in [0.05, 0.1) is 16.8 Å². The molecule has 3 nitrogen and oxygen atoms in total. The highest BCUT2D eigenvalue weighted by Gasteiger charge is 2.53. The van der Waals surface area contributed by atoms with Crippen LogP contribution >= 0.6 is 0 Å². The van der Waals surface area contributed by atoms with Crippen molar-refractivity contribution in [2.45, 2.75) is 24.7 Å². The Morgan fingerprint density at radius 1 is 0.396 bits per heavy atom. The Morgan fingerprint density at radius 2 is 0.943 bits per heavy atom. The fourth-order valence-electron chi connectivity index (χ4n) is 9.36. The standard InChI is InChI=1S/C50H34N2O/c1-49(2)39-19-9-11-21-41(39)50(42-22-12-10-20-40(42)49)38-18-8-6-16-34(38)35-26-24-32(28-43(35)50)44-30-45(52-48(51-44)31-14-4-3-5-15-31)33-25-27-37-36-17-7-13-23-46(36)53-47(37)29-33/h3-30H,1-2H3. The van der Waals surface area contributed by atoms with Gasteiger partial charge in [-0.25, -0.2) is 9.97 Å². The molecule has 0 N–H and O–H groups in total. The van der Waals surface area contributed by atoms with Crippen LogP contribution in [0.1, 0.15) is 47.2 Å². The van der Waals surface area contributed by atoms with Gasteiger partial charge in [-0.15, -0.1) is 0 Å². The lowest BCUT2D eigenvalue weighted by atomic mass is 9.55. The van der Waals surface area contributed by atoms with Crippen LogP contribution in [0.4, 0.5) is 0 Å². The highest BCUT2D eigenvalue weighted by molar-refractivity contribution is 6.05. The molecule has 0 saturated carbocycles. The van der Waals surface area contributed by atoms with Crippen LogP contribution < -0.4 is 0 Å². The lowest BCUT2D eigenvalue weighted by molar-refractivity contribution is 0.563. The normalized spacial score (nSPS) is 14.5. The second-order valence-electron chi connectivity index (χ2n) is 14.9. The molecule has 0 fully saturated rings. The SMILES string of the molecule is CC1(C)c2ccccc2C2(c3ccccc3-c3ccc(-c4cc(-c5ccc6c(c5)oc5ccccc56)nc(-c5ccccc5)n4)cc32)c2ccccc21. The van der Waals surface area contributed by atoms with Gasteiger partial charge in [-0.05, 0) is 74.8 Å². The first-order chi connectivity index (χ1) is 26.0. The van der Waals surface area contributed by atoms with E-state index in [1.807, 2.05) is 30.3 Å². The summed E-state index contributed by atoms with van der Waals surface area (Å²) < 4.78 is 6.32. The van der Waals surface area contributed by atoms with Crippen molar-refractivity contribution in [1.82, 2.24) is 9.97 Å². The minimum Gasteiger partial charge on any atom is -0.456 e. The van der Waals surface area contributed by atoms with E-state index in [4.69, 9.17) is 14.4 Å². The average molecular weight is 679 g/mol. The summed E-state index contributed by atoms with van der Waals surface area (Å²) in [6.45, 7) is 4.73. The zero-order valence-corrected chi connectivity index (χ0v) is 29.5. The monoisotopic (exact) mass is 678 g/mol. The third kappa shape index (κ3) is 4.16. The molecule has 9 aromatic rings. The van der Waals surface area contributed by atoms with E-state index in [1.165, 1.54) is 44.5 Å². The van der Waals surface area contributed by atoms with Crippen molar-refractivity contribution in [3.8, 4) is 45.0 Å². The molecule has 7 aromatic carbocycles. The quantitative estimate of drug-likeness (QED) is 0.187. The molecule has 53 heavy (non-hydrogen) atoms. The maximum atomic E-state index is 6.32. The largest absolute Gasteiger partial charge is 0.456 e. The summed E-state index contributed by atoms with van der Waals surface area (Å²) in [6.07, 6.45) is 0. The zero-order chi connectivity index (χ0) is 35.3. The molecule has 0 unspecified atom stereocenters. The van der Waals surface area contributed by atoms with Crippen molar-refractivity contribution in [2.75, 3.05) is 0 Å². The number of hydrogen-bond donors (Lipinski definition) is 0. The van der Waals surface area contributed by atoms with Gasteiger partial charge >= 0.3 is 0 Å². The topological polar surface area (TPSA) is 38.9 Å². The fourth-order valence-corrected chi connectivity index (χ4v) is 9.36. The van der Waals surface area contributed by atoms with E-state index in [0.29, 0.717) is 5.82 Å². The summed E-state index contributed by atoms with van der Waals surface area (Å²) in [5, 5.41) is 2.21. The Bertz CT molecular complexity index is 2880. The van der Waals surface area contributed by atoms with Crippen molar-refractivity contribution in [1.29, 1.82) is 0 Å². The Hall–Kier alpha value is -6.58. The zero-order valence-electron chi connectivity index (χ0n) is 29.5. The first kappa shape index (κ1) is 30.1. The smallest absolute Gasteiger partial charge is 0.160 e. The van der Waals surface area contributed by atoms with Gasteiger partial charge in [-0.3, -0.25) is 0 Å². The third-order valence-corrected chi connectivity index (χ3v) is 11.8. The molecule has 2 aliphatic carbocycles. The Morgan fingerprint density at radius 3 is 1.68 bits per heavy atom. The van der Waals surface area contributed by atoms with Crippen LogP contribution in [-0.4, -0.2) is 9.97 Å². The number of rotatable bonds is 3. The van der Waals surface area contributed by atoms with Crippen molar-refractivity contribution >= 4 is 21.9 Å². The van der Waals surface area contributed by atoms with Gasteiger partial charge in [0.15, 0.2) is 5.82 Å². The summed E-state index contributed by atoms with van der Waals surface area (Å²) in [7, 11) is 0. The molecule has 0 amide bonds. The number of benzene rings is 7.